The third-order valence-corrected chi connectivity index (χ3v) is 3.70. The molecule has 2 rings (SSSR count). The number of hydrogen-bond donors (Lipinski definition) is 2. The molecule has 0 aromatic heterocycles. The average molecular weight is 311 g/mol. The minimum atomic E-state index is -1.14. The topological polar surface area (TPSA) is 66.4 Å². The van der Waals surface area contributed by atoms with Crippen LogP contribution in [0.25, 0.3) is 0 Å². The Labute approximate surface area is 136 Å². The van der Waals surface area contributed by atoms with Crippen LogP contribution in [0.15, 0.2) is 60.7 Å². The molecule has 0 radical (unpaired) electrons. The summed E-state index contributed by atoms with van der Waals surface area (Å²) in [6.45, 7) is 1.76. The largest absolute Gasteiger partial charge is 0.384 e. The van der Waals surface area contributed by atoms with Gasteiger partial charge in [0.1, 0.15) is 5.60 Å². The van der Waals surface area contributed by atoms with E-state index in [-0.39, 0.29) is 31.1 Å². The molecule has 4 heteroatoms. The predicted molar refractivity (Wildman–Crippen MR) is 89.0 cm³/mol. The van der Waals surface area contributed by atoms with E-state index in [0.717, 1.165) is 5.56 Å². The van der Waals surface area contributed by atoms with Gasteiger partial charge in [-0.3, -0.25) is 9.59 Å². The van der Waals surface area contributed by atoms with Crippen LogP contribution in [0.2, 0.25) is 0 Å². The molecular formula is C19H21NO3. The lowest BCUT2D eigenvalue weighted by atomic mass is 9.96. The molecule has 0 aliphatic heterocycles. The van der Waals surface area contributed by atoms with Gasteiger partial charge in [-0.25, -0.2) is 0 Å². The van der Waals surface area contributed by atoms with Gasteiger partial charge in [-0.15, -0.1) is 0 Å². The molecule has 0 aliphatic carbocycles. The van der Waals surface area contributed by atoms with Crippen molar-refractivity contribution >= 4 is 11.7 Å². The van der Waals surface area contributed by atoms with Crippen molar-refractivity contribution in [1.82, 2.24) is 5.32 Å². The second-order valence-corrected chi connectivity index (χ2v) is 5.71. The molecule has 2 aromatic rings. The van der Waals surface area contributed by atoms with Crippen molar-refractivity contribution in [1.29, 1.82) is 0 Å². The number of carbonyl (C=O) groups excluding carboxylic acids is 2. The van der Waals surface area contributed by atoms with E-state index in [2.05, 4.69) is 5.32 Å². The van der Waals surface area contributed by atoms with Crippen LogP contribution >= 0.6 is 0 Å². The van der Waals surface area contributed by atoms with Gasteiger partial charge in [-0.2, -0.15) is 0 Å². The van der Waals surface area contributed by atoms with E-state index in [9.17, 15) is 14.7 Å². The molecule has 0 bridgehead atoms. The number of nitrogens with one attached hydrogen (secondary N) is 1. The number of rotatable bonds is 7. The molecule has 2 aromatic carbocycles. The van der Waals surface area contributed by atoms with Crippen molar-refractivity contribution in [2.24, 2.45) is 0 Å². The van der Waals surface area contributed by atoms with Crippen molar-refractivity contribution in [3.05, 3.63) is 71.8 Å². The maximum atomic E-state index is 11.9. The van der Waals surface area contributed by atoms with E-state index in [1.165, 1.54) is 0 Å². The molecule has 0 aliphatic rings. The van der Waals surface area contributed by atoms with Crippen LogP contribution in [0.1, 0.15) is 35.7 Å². The molecule has 0 fully saturated rings. The first-order valence-corrected chi connectivity index (χ1v) is 7.62. The first-order valence-electron chi connectivity index (χ1n) is 7.62. The fourth-order valence-corrected chi connectivity index (χ4v) is 2.25. The minimum Gasteiger partial charge on any atom is -0.384 e. The number of amides is 1. The molecular weight excluding hydrogens is 290 g/mol. The molecule has 1 atom stereocenters. The Morgan fingerprint density at radius 2 is 1.52 bits per heavy atom. The SMILES string of the molecule is CC(O)(CNC(=O)CCC(=O)c1ccccc1)c1ccccc1. The summed E-state index contributed by atoms with van der Waals surface area (Å²) in [5.74, 6) is -0.305. The third-order valence-electron chi connectivity index (χ3n) is 3.70. The van der Waals surface area contributed by atoms with Gasteiger partial charge < -0.3 is 10.4 Å². The van der Waals surface area contributed by atoms with Crippen LogP contribution in [-0.2, 0) is 10.4 Å². The van der Waals surface area contributed by atoms with Gasteiger partial charge >= 0.3 is 0 Å². The molecule has 1 unspecified atom stereocenters. The van der Waals surface area contributed by atoms with E-state index in [1.54, 1.807) is 31.2 Å². The summed E-state index contributed by atoms with van der Waals surface area (Å²) in [4.78, 5) is 23.8. The Morgan fingerprint density at radius 1 is 0.957 bits per heavy atom. The van der Waals surface area contributed by atoms with E-state index in [4.69, 9.17) is 0 Å². The van der Waals surface area contributed by atoms with Crippen LogP contribution in [0.3, 0.4) is 0 Å². The summed E-state index contributed by atoms with van der Waals surface area (Å²) < 4.78 is 0. The average Bonchev–Trinajstić information content (AvgIpc) is 2.59. The smallest absolute Gasteiger partial charge is 0.220 e. The van der Waals surface area contributed by atoms with Crippen LogP contribution in [0.4, 0.5) is 0 Å². The van der Waals surface area contributed by atoms with Crippen molar-refractivity contribution in [3.8, 4) is 0 Å². The number of carbonyl (C=O) groups is 2. The van der Waals surface area contributed by atoms with E-state index in [1.807, 2.05) is 36.4 Å². The highest BCUT2D eigenvalue weighted by Gasteiger charge is 2.23. The monoisotopic (exact) mass is 311 g/mol. The molecule has 23 heavy (non-hydrogen) atoms. The van der Waals surface area contributed by atoms with E-state index >= 15 is 0 Å². The zero-order valence-electron chi connectivity index (χ0n) is 13.2. The van der Waals surface area contributed by atoms with Gasteiger partial charge in [0.2, 0.25) is 5.91 Å². The summed E-state index contributed by atoms with van der Waals surface area (Å²) in [6.07, 6.45) is 0.266. The van der Waals surface area contributed by atoms with E-state index < -0.39 is 5.60 Å². The van der Waals surface area contributed by atoms with Gasteiger partial charge in [0, 0.05) is 18.4 Å². The summed E-state index contributed by atoms with van der Waals surface area (Å²) in [6, 6.07) is 18.1. The Balaban J connectivity index is 1.80. The molecule has 0 spiro atoms. The van der Waals surface area contributed by atoms with Gasteiger partial charge in [0.15, 0.2) is 5.78 Å². The summed E-state index contributed by atoms with van der Waals surface area (Å²) in [5.41, 5.74) is 0.206. The van der Waals surface area contributed by atoms with Gasteiger partial charge in [0.25, 0.3) is 0 Å². The Kier molecular flexibility index (Phi) is 5.66. The zero-order chi connectivity index (χ0) is 16.7. The lowest BCUT2D eigenvalue weighted by Crippen LogP contribution is -2.38. The molecule has 120 valence electrons. The number of benzene rings is 2. The standard InChI is InChI=1S/C19H21NO3/c1-19(23,16-10-6-3-7-11-16)14-20-18(22)13-12-17(21)15-8-4-2-5-9-15/h2-11,23H,12-14H2,1H3,(H,20,22). The van der Waals surface area contributed by atoms with Crippen LogP contribution < -0.4 is 5.32 Å². The van der Waals surface area contributed by atoms with Gasteiger partial charge in [-0.1, -0.05) is 60.7 Å². The maximum Gasteiger partial charge on any atom is 0.220 e. The summed E-state index contributed by atoms with van der Waals surface area (Å²) in [5, 5.41) is 13.1. The normalized spacial score (nSPS) is 13.1. The number of hydrogen-bond acceptors (Lipinski definition) is 3. The Bertz CT molecular complexity index is 651. The minimum absolute atomic E-state index is 0.0597. The van der Waals surface area contributed by atoms with Crippen LogP contribution in [-0.4, -0.2) is 23.3 Å². The van der Waals surface area contributed by atoms with Crippen molar-refractivity contribution in [3.63, 3.8) is 0 Å². The number of ketones is 1. The first kappa shape index (κ1) is 16.9. The second kappa shape index (κ2) is 7.70. The number of Topliss-reactive ketones (excluding diaryl/α,β-unsaturated/α-hetero) is 1. The second-order valence-electron chi connectivity index (χ2n) is 5.71. The molecule has 0 heterocycles. The molecule has 0 saturated carbocycles. The highest BCUT2D eigenvalue weighted by Crippen LogP contribution is 2.19. The lowest BCUT2D eigenvalue weighted by Gasteiger charge is -2.24. The predicted octanol–water partition coefficient (Wildman–Crippen LogP) is 2.67. The number of aliphatic hydroxyl groups is 1. The summed E-state index contributed by atoms with van der Waals surface area (Å²) in [7, 11) is 0. The van der Waals surface area contributed by atoms with Crippen molar-refractivity contribution in [2.45, 2.75) is 25.4 Å². The highest BCUT2D eigenvalue weighted by molar-refractivity contribution is 5.97. The highest BCUT2D eigenvalue weighted by atomic mass is 16.3. The van der Waals surface area contributed by atoms with Crippen LogP contribution in [0, 0.1) is 0 Å². The molecule has 2 N–H and O–H groups in total. The summed E-state index contributed by atoms with van der Waals surface area (Å²) >= 11 is 0. The molecule has 1 amide bonds. The lowest BCUT2D eigenvalue weighted by molar-refractivity contribution is -0.122. The van der Waals surface area contributed by atoms with Crippen molar-refractivity contribution < 1.29 is 14.7 Å². The quantitative estimate of drug-likeness (QED) is 0.773. The van der Waals surface area contributed by atoms with Crippen LogP contribution in [0.5, 0.6) is 0 Å². The third kappa shape index (κ3) is 5.04. The fourth-order valence-electron chi connectivity index (χ4n) is 2.25. The zero-order valence-corrected chi connectivity index (χ0v) is 13.2. The van der Waals surface area contributed by atoms with Gasteiger partial charge in [-0.05, 0) is 12.5 Å². The molecule has 4 nitrogen and oxygen atoms in total. The van der Waals surface area contributed by atoms with Crippen molar-refractivity contribution in [2.75, 3.05) is 6.54 Å². The molecule has 0 saturated heterocycles. The Hall–Kier alpha value is -2.46. The Morgan fingerprint density at radius 3 is 2.13 bits per heavy atom. The van der Waals surface area contributed by atoms with Gasteiger partial charge in [0.05, 0.1) is 6.54 Å². The first-order chi connectivity index (χ1) is 11.0. The fraction of sp³-hybridized carbons (Fsp3) is 0.263. The maximum absolute atomic E-state index is 11.9. The van der Waals surface area contributed by atoms with E-state index in [0.29, 0.717) is 5.56 Å².